The minimum Gasteiger partial charge on any atom is -0.296 e. The van der Waals surface area contributed by atoms with Crippen molar-refractivity contribution in [2.24, 2.45) is 5.92 Å². The van der Waals surface area contributed by atoms with Gasteiger partial charge in [0.05, 0.1) is 0 Å². The molecule has 2 fully saturated rings. The summed E-state index contributed by atoms with van der Waals surface area (Å²) in [6, 6.07) is 9.51. The Balaban J connectivity index is 1.90. The fourth-order valence-corrected chi connectivity index (χ4v) is 4.28. The Morgan fingerprint density at radius 2 is 1.67 bits per heavy atom. The smallest absolute Gasteiger partial charge is 0.0387 e. The molecule has 2 aliphatic rings. The van der Waals surface area contributed by atoms with Crippen LogP contribution in [0.1, 0.15) is 50.1 Å². The van der Waals surface area contributed by atoms with Gasteiger partial charge in [0.1, 0.15) is 0 Å². The lowest BCUT2D eigenvalue weighted by Gasteiger charge is -2.33. The lowest BCUT2D eigenvalue weighted by molar-refractivity contribution is 0.176. The van der Waals surface area contributed by atoms with Crippen molar-refractivity contribution in [1.82, 2.24) is 4.90 Å². The molecular weight excluding hydrogens is 286 g/mol. The van der Waals surface area contributed by atoms with E-state index < -0.39 is 0 Å². The molecule has 1 aliphatic heterocycles. The Labute approximate surface area is 119 Å². The average molecular weight is 308 g/mol. The van der Waals surface area contributed by atoms with Gasteiger partial charge < -0.3 is 0 Å². The first-order valence-corrected chi connectivity index (χ1v) is 8.14. The number of benzene rings is 1. The van der Waals surface area contributed by atoms with Crippen LogP contribution in [0.5, 0.6) is 0 Å². The third-order valence-electron chi connectivity index (χ3n) is 4.60. The van der Waals surface area contributed by atoms with E-state index in [1.807, 2.05) is 0 Å². The van der Waals surface area contributed by atoms with E-state index in [1.165, 1.54) is 61.7 Å². The van der Waals surface area contributed by atoms with Gasteiger partial charge in [-0.3, -0.25) is 4.90 Å². The van der Waals surface area contributed by atoms with Crippen molar-refractivity contribution in [1.29, 1.82) is 0 Å². The fourth-order valence-electron chi connectivity index (χ4n) is 3.76. The summed E-state index contributed by atoms with van der Waals surface area (Å²) in [6.07, 6.45) is 8.46. The van der Waals surface area contributed by atoms with Gasteiger partial charge in [0.2, 0.25) is 0 Å². The largest absolute Gasteiger partial charge is 0.296 e. The third kappa shape index (κ3) is 2.50. The standard InChI is InChI=1S/C16H22BrN/c17-15-10-4-3-9-14(15)16(13-7-1-2-8-13)18-11-5-6-12-18/h3-4,9-10,13,16H,1-2,5-8,11-12H2/t16-/m0/s1. The van der Waals surface area contributed by atoms with E-state index in [0.29, 0.717) is 6.04 Å². The molecule has 1 heterocycles. The Kier molecular flexibility index (Phi) is 4.05. The van der Waals surface area contributed by atoms with E-state index in [1.54, 1.807) is 0 Å². The summed E-state index contributed by atoms with van der Waals surface area (Å²) < 4.78 is 1.30. The zero-order valence-corrected chi connectivity index (χ0v) is 12.5. The summed E-state index contributed by atoms with van der Waals surface area (Å²) in [5, 5.41) is 0. The van der Waals surface area contributed by atoms with Gasteiger partial charge in [-0.15, -0.1) is 0 Å². The van der Waals surface area contributed by atoms with Crippen LogP contribution in [0.4, 0.5) is 0 Å². The van der Waals surface area contributed by atoms with Crippen LogP contribution in [-0.2, 0) is 0 Å². The predicted molar refractivity (Wildman–Crippen MR) is 79.6 cm³/mol. The van der Waals surface area contributed by atoms with Gasteiger partial charge in [-0.05, 0) is 56.3 Å². The highest BCUT2D eigenvalue weighted by Crippen LogP contribution is 2.42. The second-order valence-electron chi connectivity index (χ2n) is 5.75. The van der Waals surface area contributed by atoms with E-state index >= 15 is 0 Å². The summed E-state index contributed by atoms with van der Waals surface area (Å²) in [4.78, 5) is 2.73. The Hall–Kier alpha value is -0.340. The minimum absolute atomic E-state index is 0.658. The Morgan fingerprint density at radius 1 is 1.00 bits per heavy atom. The molecule has 1 saturated carbocycles. The van der Waals surface area contributed by atoms with Gasteiger partial charge in [0, 0.05) is 10.5 Å². The van der Waals surface area contributed by atoms with Crippen molar-refractivity contribution in [2.45, 2.75) is 44.6 Å². The molecule has 1 saturated heterocycles. The topological polar surface area (TPSA) is 3.24 Å². The maximum Gasteiger partial charge on any atom is 0.0387 e. The molecule has 1 atom stereocenters. The Bertz CT molecular complexity index is 376. The molecule has 1 aromatic rings. The van der Waals surface area contributed by atoms with Gasteiger partial charge in [0.15, 0.2) is 0 Å². The second kappa shape index (κ2) is 5.75. The Morgan fingerprint density at radius 3 is 2.33 bits per heavy atom. The SMILES string of the molecule is Brc1ccccc1[C@H](C1CCCC1)N1CCCC1. The molecule has 0 spiro atoms. The van der Waals surface area contributed by atoms with E-state index in [-0.39, 0.29) is 0 Å². The molecule has 98 valence electrons. The van der Waals surface area contributed by atoms with Gasteiger partial charge >= 0.3 is 0 Å². The molecule has 0 aromatic heterocycles. The highest BCUT2D eigenvalue weighted by molar-refractivity contribution is 9.10. The summed E-state index contributed by atoms with van der Waals surface area (Å²) in [7, 11) is 0. The molecule has 0 unspecified atom stereocenters. The normalized spacial score (nSPS) is 23.6. The van der Waals surface area contributed by atoms with Crippen LogP contribution in [0.25, 0.3) is 0 Å². The zero-order valence-electron chi connectivity index (χ0n) is 10.9. The third-order valence-corrected chi connectivity index (χ3v) is 5.33. The maximum atomic E-state index is 3.76. The minimum atomic E-state index is 0.658. The van der Waals surface area contributed by atoms with Crippen molar-refractivity contribution in [3.8, 4) is 0 Å². The number of hydrogen-bond donors (Lipinski definition) is 0. The molecule has 1 aromatic carbocycles. The molecule has 0 bridgehead atoms. The van der Waals surface area contributed by atoms with Gasteiger partial charge in [-0.1, -0.05) is 47.0 Å². The van der Waals surface area contributed by atoms with Crippen LogP contribution in [-0.4, -0.2) is 18.0 Å². The summed E-state index contributed by atoms with van der Waals surface area (Å²) in [5.74, 6) is 0.877. The van der Waals surface area contributed by atoms with Crippen LogP contribution in [0.3, 0.4) is 0 Å². The quantitative estimate of drug-likeness (QED) is 0.777. The highest BCUT2D eigenvalue weighted by Gasteiger charge is 2.33. The van der Waals surface area contributed by atoms with E-state index in [0.717, 1.165) is 5.92 Å². The van der Waals surface area contributed by atoms with Gasteiger partial charge in [-0.2, -0.15) is 0 Å². The molecule has 18 heavy (non-hydrogen) atoms. The predicted octanol–water partition coefficient (Wildman–Crippen LogP) is 4.78. The maximum absolute atomic E-state index is 3.76. The number of nitrogens with zero attached hydrogens (tertiary/aromatic N) is 1. The van der Waals surface area contributed by atoms with Crippen molar-refractivity contribution >= 4 is 15.9 Å². The van der Waals surface area contributed by atoms with Crippen LogP contribution >= 0.6 is 15.9 Å². The number of rotatable bonds is 3. The van der Waals surface area contributed by atoms with Crippen molar-refractivity contribution in [3.05, 3.63) is 34.3 Å². The molecule has 0 amide bonds. The van der Waals surface area contributed by atoms with Gasteiger partial charge in [-0.25, -0.2) is 0 Å². The van der Waals surface area contributed by atoms with E-state index in [4.69, 9.17) is 0 Å². The molecule has 1 nitrogen and oxygen atoms in total. The highest BCUT2D eigenvalue weighted by atomic mass is 79.9. The lowest BCUT2D eigenvalue weighted by atomic mass is 9.90. The number of likely N-dealkylation sites (tertiary alicyclic amines) is 1. The summed E-state index contributed by atoms with van der Waals surface area (Å²) in [5.41, 5.74) is 1.52. The van der Waals surface area contributed by atoms with Crippen LogP contribution < -0.4 is 0 Å². The molecule has 0 N–H and O–H groups in total. The lowest BCUT2D eigenvalue weighted by Crippen LogP contribution is -2.30. The first-order chi connectivity index (χ1) is 8.86. The second-order valence-corrected chi connectivity index (χ2v) is 6.61. The first-order valence-electron chi connectivity index (χ1n) is 7.35. The molecular formula is C16H22BrN. The fraction of sp³-hybridized carbons (Fsp3) is 0.625. The molecule has 2 heteroatoms. The van der Waals surface area contributed by atoms with Crippen molar-refractivity contribution in [2.75, 3.05) is 13.1 Å². The first kappa shape index (κ1) is 12.7. The number of hydrogen-bond acceptors (Lipinski definition) is 1. The van der Waals surface area contributed by atoms with E-state index in [2.05, 4.69) is 45.1 Å². The van der Waals surface area contributed by atoms with Crippen LogP contribution in [0.15, 0.2) is 28.7 Å². The molecule has 3 rings (SSSR count). The van der Waals surface area contributed by atoms with E-state index in [9.17, 15) is 0 Å². The summed E-state index contributed by atoms with van der Waals surface area (Å²) in [6.45, 7) is 2.59. The summed E-state index contributed by atoms with van der Waals surface area (Å²) >= 11 is 3.76. The van der Waals surface area contributed by atoms with Crippen LogP contribution in [0, 0.1) is 5.92 Å². The molecule has 1 aliphatic carbocycles. The monoisotopic (exact) mass is 307 g/mol. The zero-order chi connectivity index (χ0) is 12.4. The van der Waals surface area contributed by atoms with Crippen molar-refractivity contribution < 1.29 is 0 Å². The van der Waals surface area contributed by atoms with Crippen LogP contribution in [0.2, 0.25) is 0 Å². The van der Waals surface area contributed by atoms with Crippen molar-refractivity contribution in [3.63, 3.8) is 0 Å². The van der Waals surface area contributed by atoms with Gasteiger partial charge in [0.25, 0.3) is 0 Å². The average Bonchev–Trinajstić information content (AvgIpc) is 3.05. The molecule has 0 radical (unpaired) electrons. The number of halogens is 1.